The Labute approximate surface area is 274 Å². The van der Waals surface area contributed by atoms with Crippen molar-refractivity contribution in [1.82, 2.24) is 14.8 Å². The van der Waals surface area contributed by atoms with Gasteiger partial charge in [0.25, 0.3) is 0 Å². The fourth-order valence-electron chi connectivity index (χ4n) is 5.40. The molecule has 254 valence electrons. The summed E-state index contributed by atoms with van der Waals surface area (Å²) >= 11 is 0. The lowest BCUT2D eigenvalue weighted by atomic mass is 10.0. The molecule has 2 heterocycles. The number of pyridine rings is 1. The second kappa shape index (κ2) is 16.5. The molecule has 3 amide bonds. The van der Waals surface area contributed by atoms with Gasteiger partial charge in [-0.3, -0.25) is 14.4 Å². The van der Waals surface area contributed by atoms with Crippen molar-refractivity contribution in [3.63, 3.8) is 0 Å². The molecule has 3 aromatic rings. The minimum absolute atomic E-state index is 0.0119. The summed E-state index contributed by atoms with van der Waals surface area (Å²) in [5.41, 5.74) is 6.95. The zero-order valence-corrected chi connectivity index (χ0v) is 27.5. The number of amides is 3. The van der Waals surface area contributed by atoms with Crippen LogP contribution in [-0.4, -0.2) is 66.6 Å². The van der Waals surface area contributed by atoms with Gasteiger partial charge < -0.3 is 20.7 Å². The van der Waals surface area contributed by atoms with Crippen molar-refractivity contribution >= 4 is 33.3 Å². The number of alkyl halides is 2. The number of piperidine rings is 1. The summed E-state index contributed by atoms with van der Waals surface area (Å²) in [7, 11) is -3.36. The zero-order valence-electron chi connectivity index (χ0n) is 26.7. The maximum absolute atomic E-state index is 13.8. The monoisotopic (exact) mass is 672 g/mol. The number of nitrogens with one attached hydrogen (secondary N) is 2. The van der Waals surface area contributed by atoms with Gasteiger partial charge in [-0.15, -0.1) is 0 Å². The fraction of sp³-hybridized carbons (Fsp3) is 0.424. The first-order chi connectivity index (χ1) is 22.5. The standard InChI is InChI=1S/C33H42F2N6O5S/c1-3-5-14-41(33(43)38-30-18-29(32(36)42)24(19-34)17-25(30)20-35)27-12-15-40(16-13-27)22-23-6-11-31(37-21-23)46-28-9-7-26(8-10-28)39-47(44,45)4-2/h6-11,17-18,21,27,39H,3-5,12-16,19-20,22H2,1-2H3,(H2,36,42)(H,38,43). The number of urea groups is 1. The highest BCUT2D eigenvalue weighted by atomic mass is 32.2. The first kappa shape index (κ1) is 35.6. The summed E-state index contributed by atoms with van der Waals surface area (Å²) in [6.07, 6.45) is 4.90. The number of sulfonamides is 1. The van der Waals surface area contributed by atoms with E-state index in [0.29, 0.717) is 30.4 Å². The van der Waals surface area contributed by atoms with Gasteiger partial charge >= 0.3 is 6.03 Å². The predicted octanol–water partition coefficient (Wildman–Crippen LogP) is 5.97. The molecule has 0 saturated carbocycles. The van der Waals surface area contributed by atoms with Crippen LogP contribution in [0.3, 0.4) is 0 Å². The number of nitrogens with zero attached hydrogens (tertiary/aromatic N) is 3. The predicted molar refractivity (Wildman–Crippen MR) is 177 cm³/mol. The van der Waals surface area contributed by atoms with Crippen LogP contribution in [0.25, 0.3) is 0 Å². The van der Waals surface area contributed by atoms with Crippen LogP contribution in [0.1, 0.15) is 66.6 Å². The molecule has 11 nitrogen and oxygen atoms in total. The van der Waals surface area contributed by atoms with Crippen molar-refractivity contribution in [2.24, 2.45) is 5.73 Å². The number of hydrogen-bond acceptors (Lipinski definition) is 7. The molecule has 0 unspecified atom stereocenters. The lowest BCUT2D eigenvalue weighted by Crippen LogP contribution is -2.49. The largest absolute Gasteiger partial charge is 0.439 e. The Bertz CT molecular complexity index is 1620. The molecule has 14 heteroatoms. The summed E-state index contributed by atoms with van der Waals surface area (Å²) < 4.78 is 59.1. The van der Waals surface area contributed by atoms with Crippen LogP contribution >= 0.6 is 0 Å². The van der Waals surface area contributed by atoms with Crippen LogP contribution in [0.2, 0.25) is 0 Å². The molecule has 0 spiro atoms. The van der Waals surface area contributed by atoms with Gasteiger partial charge in [-0.2, -0.15) is 0 Å². The second-order valence-electron chi connectivity index (χ2n) is 11.4. The van der Waals surface area contributed by atoms with E-state index >= 15 is 0 Å². The lowest BCUT2D eigenvalue weighted by Gasteiger charge is -2.38. The number of anilines is 2. The van der Waals surface area contributed by atoms with E-state index < -0.39 is 35.3 Å². The van der Waals surface area contributed by atoms with E-state index in [1.54, 1.807) is 48.4 Å². The molecule has 0 atom stereocenters. The molecule has 0 radical (unpaired) electrons. The first-order valence-corrected chi connectivity index (χ1v) is 17.3. The van der Waals surface area contributed by atoms with Crippen molar-refractivity contribution in [2.75, 3.05) is 35.4 Å². The van der Waals surface area contributed by atoms with Gasteiger partial charge in [0, 0.05) is 67.0 Å². The van der Waals surface area contributed by atoms with Crippen molar-refractivity contribution in [3.05, 3.63) is 77.0 Å². The molecule has 1 saturated heterocycles. The number of carbonyl (C=O) groups is 2. The maximum atomic E-state index is 13.8. The molecule has 1 aliphatic heterocycles. The van der Waals surface area contributed by atoms with Gasteiger partial charge in [-0.1, -0.05) is 19.4 Å². The minimum atomic E-state index is -3.36. The van der Waals surface area contributed by atoms with E-state index in [4.69, 9.17) is 10.5 Å². The lowest BCUT2D eigenvalue weighted by molar-refractivity contribution is 0.0998. The van der Waals surface area contributed by atoms with Gasteiger partial charge in [0.1, 0.15) is 19.1 Å². The highest BCUT2D eigenvalue weighted by molar-refractivity contribution is 7.92. The van der Waals surface area contributed by atoms with Crippen LogP contribution in [-0.2, 0) is 29.9 Å². The van der Waals surface area contributed by atoms with Gasteiger partial charge in [-0.05, 0) is 73.7 Å². The number of likely N-dealkylation sites (tertiary alicyclic amines) is 1. The first-order valence-electron chi connectivity index (χ1n) is 15.7. The normalized spacial score (nSPS) is 14.0. The quantitative estimate of drug-likeness (QED) is 0.180. The molecule has 4 rings (SSSR count). The summed E-state index contributed by atoms with van der Waals surface area (Å²) in [6.45, 7) is 4.38. The SMILES string of the molecule is CCCCN(C(=O)Nc1cc(C(N)=O)c(CF)cc1CF)C1CCN(Cc2ccc(Oc3ccc(NS(=O)(=O)CC)cc3)nc2)CC1. The number of hydrogen-bond donors (Lipinski definition) is 3. The Morgan fingerprint density at radius 3 is 2.32 bits per heavy atom. The third-order valence-corrected chi connectivity index (χ3v) is 9.38. The van der Waals surface area contributed by atoms with Gasteiger partial charge in [-0.25, -0.2) is 27.0 Å². The Morgan fingerprint density at radius 1 is 1.04 bits per heavy atom. The number of ether oxygens (including phenoxy) is 1. The smallest absolute Gasteiger partial charge is 0.322 e. The fourth-order valence-corrected chi connectivity index (χ4v) is 6.04. The molecule has 1 fully saturated rings. The zero-order chi connectivity index (χ0) is 34.0. The van der Waals surface area contributed by atoms with E-state index in [1.165, 1.54) is 12.1 Å². The Balaban J connectivity index is 1.33. The number of unbranched alkanes of at least 4 members (excludes halogenated alkanes) is 1. The number of benzene rings is 2. The summed E-state index contributed by atoms with van der Waals surface area (Å²) in [4.78, 5) is 33.8. The number of rotatable bonds is 15. The number of halogens is 2. The van der Waals surface area contributed by atoms with E-state index in [9.17, 15) is 26.8 Å². The van der Waals surface area contributed by atoms with E-state index in [-0.39, 0.29) is 34.2 Å². The minimum Gasteiger partial charge on any atom is -0.439 e. The number of primary amides is 1. The van der Waals surface area contributed by atoms with Crippen molar-refractivity contribution < 1.29 is 31.5 Å². The molecular weight excluding hydrogens is 630 g/mol. The summed E-state index contributed by atoms with van der Waals surface area (Å²) in [6, 6.07) is 12.4. The van der Waals surface area contributed by atoms with Crippen LogP contribution in [0.15, 0.2) is 54.7 Å². The maximum Gasteiger partial charge on any atom is 0.322 e. The van der Waals surface area contributed by atoms with E-state index in [2.05, 4.69) is 19.9 Å². The molecule has 4 N–H and O–H groups in total. The molecule has 1 aliphatic rings. The molecule has 47 heavy (non-hydrogen) atoms. The third-order valence-electron chi connectivity index (χ3n) is 8.07. The number of carbonyl (C=O) groups excluding carboxylic acids is 2. The summed E-state index contributed by atoms with van der Waals surface area (Å²) in [5.74, 6) is 0.0653. The van der Waals surface area contributed by atoms with Crippen molar-refractivity contribution in [3.8, 4) is 11.6 Å². The van der Waals surface area contributed by atoms with Crippen LogP contribution < -0.4 is 20.5 Å². The highest BCUT2D eigenvalue weighted by Gasteiger charge is 2.28. The molecule has 1 aromatic heterocycles. The van der Waals surface area contributed by atoms with Crippen molar-refractivity contribution in [2.45, 2.75) is 65.5 Å². The number of aromatic nitrogens is 1. The Hall–Kier alpha value is -4.30. The Kier molecular flexibility index (Phi) is 12.5. The van der Waals surface area contributed by atoms with Crippen LogP contribution in [0.4, 0.5) is 25.0 Å². The molecule has 0 aliphatic carbocycles. The second-order valence-corrected chi connectivity index (χ2v) is 13.4. The van der Waals surface area contributed by atoms with Crippen molar-refractivity contribution in [1.29, 1.82) is 0 Å². The Morgan fingerprint density at radius 2 is 1.74 bits per heavy atom. The van der Waals surface area contributed by atoms with E-state index in [1.807, 2.05) is 13.0 Å². The summed E-state index contributed by atoms with van der Waals surface area (Å²) in [5, 5.41) is 2.76. The highest BCUT2D eigenvalue weighted by Crippen LogP contribution is 2.27. The third kappa shape index (κ3) is 9.85. The van der Waals surface area contributed by atoms with Crippen LogP contribution in [0.5, 0.6) is 11.6 Å². The molecular formula is C33H42F2N6O5S. The average molecular weight is 673 g/mol. The topological polar surface area (TPSA) is 147 Å². The average Bonchev–Trinajstić information content (AvgIpc) is 3.07. The van der Waals surface area contributed by atoms with Gasteiger partial charge in [0.2, 0.25) is 21.8 Å². The van der Waals surface area contributed by atoms with Crippen LogP contribution in [0, 0.1) is 0 Å². The molecule has 2 aromatic carbocycles. The molecule has 0 bridgehead atoms. The number of nitrogens with two attached hydrogens (primary N) is 1. The van der Waals surface area contributed by atoms with Gasteiger partial charge in [0.15, 0.2) is 0 Å². The van der Waals surface area contributed by atoms with E-state index in [0.717, 1.165) is 44.3 Å². The van der Waals surface area contributed by atoms with Gasteiger partial charge in [0.05, 0.1) is 5.75 Å².